The van der Waals surface area contributed by atoms with Crippen LogP contribution in [0.15, 0.2) is 18.2 Å². The Labute approximate surface area is 107 Å². The highest BCUT2D eigenvalue weighted by Crippen LogP contribution is 2.38. The van der Waals surface area contributed by atoms with Crippen LogP contribution in [0.25, 0.3) is 0 Å². The largest absolute Gasteiger partial charge is 0.329 e. The van der Waals surface area contributed by atoms with Crippen molar-refractivity contribution in [3.63, 3.8) is 0 Å². The van der Waals surface area contributed by atoms with Crippen LogP contribution in [-0.2, 0) is 4.79 Å². The average Bonchev–Trinajstić information content (AvgIpc) is 2.84. The van der Waals surface area contributed by atoms with E-state index in [0.717, 1.165) is 25.7 Å². The van der Waals surface area contributed by atoms with Crippen LogP contribution in [0.1, 0.15) is 31.2 Å². The predicted octanol–water partition coefficient (Wildman–Crippen LogP) is 2.59. The summed E-state index contributed by atoms with van der Waals surface area (Å²) in [7, 11) is 0. The zero-order valence-corrected chi connectivity index (χ0v) is 10.6. The van der Waals surface area contributed by atoms with Gasteiger partial charge in [-0.2, -0.15) is 0 Å². The molecule has 1 aromatic rings. The first-order chi connectivity index (χ1) is 8.57. The van der Waals surface area contributed by atoms with Gasteiger partial charge in [0.25, 0.3) is 0 Å². The van der Waals surface area contributed by atoms with Gasteiger partial charge in [-0.05, 0) is 37.5 Å². The second-order valence-corrected chi connectivity index (χ2v) is 5.11. The summed E-state index contributed by atoms with van der Waals surface area (Å²) in [5.74, 6) is -0.383. The van der Waals surface area contributed by atoms with E-state index < -0.39 is 5.41 Å². The summed E-state index contributed by atoms with van der Waals surface area (Å²) in [6.45, 7) is 2.05. The van der Waals surface area contributed by atoms with Crippen molar-refractivity contribution in [2.45, 2.75) is 32.6 Å². The molecule has 1 aromatic carbocycles. The van der Waals surface area contributed by atoms with Gasteiger partial charge in [0.15, 0.2) is 0 Å². The van der Waals surface area contributed by atoms with E-state index >= 15 is 0 Å². The summed E-state index contributed by atoms with van der Waals surface area (Å²) in [4.78, 5) is 12.3. The molecule has 98 valence electrons. The van der Waals surface area contributed by atoms with Crippen molar-refractivity contribution in [1.29, 1.82) is 0 Å². The van der Waals surface area contributed by atoms with Gasteiger partial charge in [-0.1, -0.05) is 18.9 Å². The SMILES string of the molecule is Cc1ccc(NC(=O)C2(CN)CCCC2)cc1F. The Hall–Kier alpha value is -1.42. The highest BCUT2D eigenvalue weighted by Gasteiger charge is 2.39. The van der Waals surface area contributed by atoms with Gasteiger partial charge in [-0.25, -0.2) is 4.39 Å². The van der Waals surface area contributed by atoms with Crippen LogP contribution in [-0.4, -0.2) is 12.5 Å². The van der Waals surface area contributed by atoms with Crippen molar-refractivity contribution in [2.75, 3.05) is 11.9 Å². The van der Waals surface area contributed by atoms with E-state index in [1.165, 1.54) is 6.07 Å². The normalized spacial score (nSPS) is 17.7. The summed E-state index contributed by atoms with van der Waals surface area (Å²) in [6.07, 6.45) is 3.72. The number of carbonyl (C=O) groups excluding carboxylic acids is 1. The third-order valence-corrected chi connectivity index (χ3v) is 3.86. The summed E-state index contributed by atoms with van der Waals surface area (Å²) in [5, 5.41) is 2.78. The zero-order chi connectivity index (χ0) is 13.2. The molecular formula is C14H19FN2O. The van der Waals surface area contributed by atoms with Crippen molar-refractivity contribution >= 4 is 11.6 Å². The summed E-state index contributed by atoms with van der Waals surface area (Å²) in [5.41, 5.74) is 6.36. The molecule has 3 N–H and O–H groups in total. The zero-order valence-electron chi connectivity index (χ0n) is 10.6. The number of nitrogens with two attached hydrogens (primary N) is 1. The molecule has 0 bridgehead atoms. The fourth-order valence-electron chi connectivity index (χ4n) is 2.51. The van der Waals surface area contributed by atoms with Crippen LogP contribution in [0, 0.1) is 18.2 Å². The van der Waals surface area contributed by atoms with Crippen molar-refractivity contribution < 1.29 is 9.18 Å². The Balaban J connectivity index is 2.13. The fourth-order valence-corrected chi connectivity index (χ4v) is 2.51. The molecule has 1 amide bonds. The minimum Gasteiger partial charge on any atom is -0.329 e. The summed E-state index contributed by atoms with van der Waals surface area (Å²) < 4.78 is 13.4. The molecule has 0 aliphatic heterocycles. The monoisotopic (exact) mass is 250 g/mol. The molecule has 2 rings (SSSR count). The number of hydrogen-bond acceptors (Lipinski definition) is 2. The van der Waals surface area contributed by atoms with Gasteiger partial charge >= 0.3 is 0 Å². The Morgan fingerprint density at radius 1 is 1.44 bits per heavy atom. The highest BCUT2D eigenvalue weighted by molar-refractivity contribution is 5.95. The topological polar surface area (TPSA) is 55.1 Å². The van der Waals surface area contributed by atoms with E-state index in [-0.39, 0.29) is 11.7 Å². The quantitative estimate of drug-likeness (QED) is 0.866. The second kappa shape index (κ2) is 5.06. The number of carbonyl (C=O) groups is 1. The first-order valence-electron chi connectivity index (χ1n) is 6.35. The molecule has 1 saturated carbocycles. The lowest BCUT2D eigenvalue weighted by molar-refractivity contribution is -0.124. The van der Waals surface area contributed by atoms with E-state index in [9.17, 15) is 9.18 Å². The number of aryl methyl sites for hydroxylation is 1. The molecule has 0 heterocycles. The average molecular weight is 250 g/mol. The first kappa shape index (κ1) is 13.0. The molecule has 0 radical (unpaired) electrons. The maximum absolute atomic E-state index is 13.4. The Morgan fingerprint density at radius 2 is 2.11 bits per heavy atom. The van der Waals surface area contributed by atoms with Gasteiger partial charge < -0.3 is 11.1 Å². The predicted molar refractivity (Wildman–Crippen MR) is 69.7 cm³/mol. The van der Waals surface area contributed by atoms with Crippen molar-refractivity contribution in [1.82, 2.24) is 0 Å². The van der Waals surface area contributed by atoms with Crippen molar-refractivity contribution in [2.24, 2.45) is 11.1 Å². The molecule has 0 unspecified atom stereocenters. The third kappa shape index (κ3) is 2.38. The number of nitrogens with one attached hydrogen (secondary N) is 1. The summed E-state index contributed by atoms with van der Waals surface area (Å²) >= 11 is 0. The number of halogens is 1. The van der Waals surface area contributed by atoms with Crippen LogP contribution in [0.2, 0.25) is 0 Å². The van der Waals surface area contributed by atoms with Crippen LogP contribution in [0.5, 0.6) is 0 Å². The molecular weight excluding hydrogens is 231 g/mol. The maximum Gasteiger partial charge on any atom is 0.231 e. The number of anilines is 1. The van der Waals surface area contributed by atoms with Gasteiger partial charge in [0.1, 0.15) is 5.82 Å². The van der Waals surface area contributed by atoms with Crippen LogP contribution in [0.3, 0.4) is 0 Å². The van der Waals surface area contributed by atoms with Gasteiger partial charge in [0.2, 0.25) is 5.91 Å². The first-order valence-corrected chi connectivity index (χ1v) is 6.35. The lowest BCUT2D eigenvalue weighted by atomic mass is 9.85. The molecule has 0 spiro atoms. The molecule has 18 heavy (non-hydrogen) atoms. The van der Waals surface area contributed by atoms with Crippen LogP contribution in [0.4, 0.5) is 10.1 Å². The molecule has 3 nitrogen and oxygen atoms in total. The number of hydrogen-bond donors (Lipinski definition) is 2. The Kier molecular flexibility index (Phi) is 3.66. The smallest absolute Gasteiger partial charge is 0.231 e. The number of rotatable bonds is 3. The molecule has 1 aliphatic rings. The van der Waals surface area contributed by atoms with Gasteiger partial charge in [0, 0.05) is 12.2 Å². The molecule has 4 heteroatoms. The Bertz CT molecular complexity index is 453. The molecule has 0 aromatic heterocycles. The molecule has 0 atom stereocenters. The van der Waals surface area contributed by atoms with E-state index in [2.05, 4.69) is 5.32 Å². The Morgan fingerprint density at radius 3 is 2.67 bits per heavy atom. The minimum absolute atomic E-state index is 0.0780. The van der Waals surface area contributed by atoms with Gasteiger partial charge in [-0.3, -0.25) is 4.79 Å². The van der Waals surface area contributed by atoms with Crippen molar-refractivity contribution in [3.8, 4) is 0 Å². The van der Waals surface area contributed by atoms with E-state index in [0.29, 0.717) is 17.8 Å². The van der Waals surface area contributed by atoms with Crippen LogP contribution < -0.4 is 11.1 Å². The third-order valence-electron chi connectivity index (χ3n) is 3.86. The maximum atomic E-state index is 13.4. The minimum atomic E-state index is -0.457. The lowest BCUT2D eigenvalue weighted by Gasteiger charge is -2.25. The van der Waals surface area contributed by atoms with Crippen LogP contribution >= 0.6 is 0 Å². The second-order valence-electron chi connectivity index (χ2n) is 5.11. The molecule has 1 fully saturated rings. The van der Waals surface area contributed by atoms with Crippen molar-refractivity contribution in [3.05, 3.63) is 29.6 Å². The highest BCUT2D eigenvalue weighted by atomic mass is 19.1. The van der Waals surface area contributed by atoms with E-state index in [1.807, 2.05) is 0 Å². The molecule has 0 saturated heterocycles. The standard InChI is InChI=1S/C14H19FN2O/c1-10-4-5-11(8-12(10)15)17-13(18)14(9-16)6-2-3-7-14/h4-5,8H,2-3,6-7,9,16H2,1H3,(H,17,18). The molecule has 1 aliphatic carbocycles. The van der Waals surface area contributed by atoms with E-state index in [4.69, 9.17) is 5.73 Å². The van der Waals surface area contributed by atoms with Gasteiger partial charge in [0.05, 0.1) is 5.41 Å². The van der Waals surface area contributed by atoms with E-state index in [1.54, 1.807) is 19.1 Å². The number of amides is 1. The fraction of sp³-hybridized carbons (Fsp3) is 0.500. The summed E-state index contributed by atoms with van der Waals surface area (Å²) in [6, 6.07) is 4.73. The number of benzene rings is 1. The lowest BCUT2D eigenvalue weighted by Crippen LogP contribution is -2.40. The van der Waals surface area contributed by atoms with Gasteiger partial charge in [-0.15, -0.1) is 0 Å².